The summed E-state index contributed by atoms with van der Waals surface area (Å²) in [5.74, 6) is 0.188. The van der Waals surface area contributed by atoms with Gasteiger partial charge < -0.3 is 24.8 Å². The number of aliphatic hydroxyl groups excluding tert-OH is 1. The lowest BCUT2D eigenvalue weighted by atomic mass is 10.1. The van der Waals surface area contributed by atoms with Crippen molar-refractivity contribution in [1.82, 2.24) is 10.2 Å². The van der Waals surface area contributed by atoms with Gasteiger partial charge in [-0.1, -0.05) is 127 Å². The molecule has 0 saturated carbocycles. The highest BCUT2D eigenvalue weighted by Gasteiger charge is 2.30. The molecule has 0 saturated heterocycles. The second-order valence-corrected chi connectivity index (χ2v) is 16.6. The Kier molecular flexibility index (Phi) is 39.1. The fourth-order valence-corrected chi connectivity index (χ4v) is 6.78. The number of unbranched alkanes of at least 4 members (excludes halogenated alkanes) is 16. The number of ether oxygens (including phenoxy) is 2. The van der Waals surface area contributed by atoms with E-state index in [1.54, 1.807) is 6.92 Å². The van der Waals surface area contributed by atoms with Gasteiger partial charge in [0.25, 0.3) is 0 Å². The van der Waals surface area contributed by atoms with Gasteiger partial charge in [0.2, 0.25) is 5.91 Å². The zero-order chi connectivity index (χ0) is 41.2. The van der Waals surface area contributed by atoms with Gasteiger partial charge in [0.15, 0.2) is 0 Å². The van der Waals surface area contributed by atoms with Crippen LogP contribution in [-0.2, 0) is 23.9 Å². The van der Waals surface area contributed by atoms with Gasteiger partial charge in [-0.25, -0.2) is 0 Å². The number of nitrogens with one attached hydrogen (secondary N) is 1. The average molecular weight is 805 g/mol. The molecule has 0 aromatic heterocycles. The van der Waals surface area contributed by atoms with Crippen LogP contribution in [0, 0.1) is 0 Å². The summed E-state index contributed by atoms with van der Waals surface area (Å²) in [5, 5.41) is 12.1. The van der Waals surface area contributed by atoms with Gasteiger partial charge in [-0.15, -0.1) is 0 Å². The van der Waals surface area contributed by atoms with Crippen molar-refractivity contribution in [3.63, 3.8) is 0 Å². The molecule has 8 nitrogen and oxygen atoms in total. The van der Waals surface area contributed by atoms with Crippen LogP contribution in [0.2, 0.25) is 0 Å². The third kappa shape index (κ3) is 38.5. The Morgan fingerprint density at radius 3 is 1.45 bits per heavy atom. The SMILES string of the molecule is CCCCC/C=C\C/C=C\CCCCCCCC(=O)OCC(C)(COC(=O)CCCCCCC/C=C\C/C=C\CCCCC)NC(=O)CSCCN(C)CCO. The first kappa shape index (κ1) is 53.6. The van der Waals surface area contributed by atoms with Crippen molar-refractivity contribution >= 4 is 29.6 Å². The van der Waals surface area contributed by atoms with Crippen molar-refractivity contribution in [3.8, 4) is 0 Å². The van der Waals surface area contributed by atoms with E-state index in [9.17, 15) is 14.4 Å². The van der Waals surface area contributed by atoms with Crippen LogP contribution in [0.3, 0.4) is 0 Å². The molecule has 0 aliphatic rings. The zero-order valence-corrected chi connectivity index (χ0v) is 37.2. The Balaban J connectivity index is 4.48. The number of aliphatic hydroxyl groups is 1. The minimum absolute atomic E-state index is 0.0568. The molecule has 0 bridgehead atoms. The molecule has 0 aliphatic carbocycles. The van der Waals surface area contributed by atoms with Gasteiger partial charge in [-0.05, 0) is 91.0 Å². The van der Waals surface area contributed by atoms with Crippen LogP contribution in [0.15, 0.2) is 48.6 Å². The lowest BCUT2D eigenvalue weighted by Gasteiger charge is -2.30. The predicted octanol–water partition coefficient (Wildman–Crippen LogP) is 11.2. The number of allylic oxidation sites excluding steroid dienone is 8. The first-order chi connectivity index (χ1) is 27.3. The van der Waals surface area contributed by atoms with Crippen LogP contribution in [0.4, 0.5) is 0 Å². The first-order valence-corrected chi connectivity index (χ1v) is 23.5. The number of esters is 2. The number of carbonyl (C=O) groups is 3. The molecule has 0 aliphatic heterocycles. The van der Waals surface area contributed by atoms with E-state index in [1.165, 1.54) is 63.1 Å². The Labute approximate surface area is 348 Å². The Morgan fingerprint density at radius 2 is 1.02 bits per heavy atom. The maximum absolute atomic E-state index is 12.9. The first-order valence-electron chi connectivity index (χ1n) is 22.4. The van der Waals surface area contributed by atoms with Gasteiger partial charge in [0, 0.05) is 31.7 Å². The monoisotopic (exact) mass is 805 g/mol. The smallest absolute Gasteiger partial charge is 0.305 e. The summed E-state index contributed by atoms with van der Waals surface area (Å²) in [7, 11) is 1.93. The molecule has 1 amide bonds. The maximum Gasteiger partial charge on any atom is 0.305 e. The minimum atomic E-state index is -1.02. The Hall–Kier alpha value is -2.36. The highest BCUT2D eigenvalue weighted by atomic mass is 32.2. The summed E-state index contributed by atoms with van der Waals surface area (Å²) in [4.78, 5) is 40.2. The minimum Gasteiger partial charge on any atom is -0.463 e. The summed E-state index contributed by atoms with van der Waals surface area (Å²) in [6.07, 6.45) is 43.4. The number of hydrogen-bond donors (Lipinski definition) is 2. The predicted molar refractivity (Wildman–Crippen MR) is 239 cm³/mol. The van der Waals surface area contributed by atoms with E-state index in [2.05, 4.69) is 67.8 Å². The highest BCUT2D eigenvalue weighted by Crippen LogP contribution is 2.14. The second-order valence-electron chi connectivity index (χ2n) is 15.5. The molecule has 0 unspecified atom stereocenters. The molecule has 56 heavy (non-hydrogen) atoms. The molecule has 0 fully saturated rings. The lowest BCUT2D eigenvalue weighted by Crippen LogP contribution is -2.54. The fraction of sp³-hybridized carbons (Fsp3) is 0.766. The molecule has 0 heterocycles. The number of amides is 1. The van der Waals surface area contributed by atoms with Crippen LogP contribution in [0.1, 0.15) is 175 Å². The number of thioether (sulfide) groups is 1. The van der Waals surface area contributed by atoms with E-state index in [-0.39, 0.29) is 43.4 Å². The lowest BCUT2D eigenvalue weighted by molar-refractivity contribution is -0.152. The van der Waals surface area contributed by atoms with E-state index >= 15 is 0 Å². The molecule has 0 atom stereocenters. The Morgan fingerprint density at radius 1 is 0.607 bits per heavy atom. The van der Waals surface area contributed by atoms with Crippen molar-refractivity contribution < 1.29 is 29.0 Å². The summed E-state index contributed by atoms with van der Waals surface area (Å²) in [5.41, 5.74) is -1.02. The summed E-state index contributed by atoms with van der Waals surface area (Å²) < 4.78 is 11.3. The number of nitrogens with zero attached hydrogens (tertiary/aromatic N) is 1. The van der Waals surface area contributed by atoms with Gasteiger partial charge >= 0.3 is 11.9 Å². The van der Waals surface area contributed by atoms with E-state index in [1.807, 2.05) is 11.9 Å². The van der Waals surface area contributed by atoms with Gasteiger partial charge in [-0.2, -0.15) is 11.8 Å². The molecule has 324 valence electrons. The van der Waals surface area contributed by atoms with Crippen LogP contribution in [0.25, 0.3) is 0 Å². The van der Waals surface area contributed by atoms with E-state index in [4.69, 9.17) is 14.6 Å². The molecule has 0 spiro atoms. The molecular weight excluding hydrogens is 721 g/mol. The Bertz CT molecular complexity index is 997. The van der Waals surface area contributed by atoms with Gasteiger partial charge in [-0.3, -0.25) is 14.4 Å². The van der Waals surface area contributed by atoms with Crippen molar-refractivity contribution in [3.05, 3.63) is 48.6 Å². The van der Waals surface area contributed by atoms with Crippen molar-refractivity contribution in [2.45, 2.75) is 180 Å². The largest absolute Gasteiger partial charge is 0.463 e. The average Bonchev–Trinajstić information content (AvgIpc) is 3.18. The third-order valence-corrected chi connectivity index (χ3v) is 10.5. The third-order valence-electron chi connectivity index (χ3n) is 9.54. The molecule has 0 aromatic rings. The van der Waals surface area contributed by atoms with Gasteiger partial charge in [0.05, 0.1) is 12.4 Å². The van der Waals surface area contributed by atoms with E-state index in [0.717, 1.165) is 102 Å². The fourth-order valence-electron chi connectivity index (χ4n) is 5.94. The molecule has 2 N–H and O–H groups in total. The number of carbonyl (C=O) groups excluding carboxylic acids is 3. The maximum atomic E-state index is 12.9. The second kappa shape index (κ2) is 40.8. The molecular formula is C47H84N2O6S. The number of hydrogen-bond acceptors (Lipinski definition) is 8. The molecule has 0 radical (unpaired) electrons. The molecule has 0 aromatic carbocycles. The van der Waals surface area contributed by atoms with Crippen molar-refractivity contribution in [2.24, 2.45) is 0 Å². The standard InChI is InChI=1S/C47H84N2O6S/c1-5-7-9-11-13-15-17-19-21-23-25-27-29-31-33-35-45(52)54-42-47(3,48-44(51)41-56-40-38-49(4)37-39-50)43-55-46(53)36-34-32-30-28-26-24-22-20-18-16-14-12-10-8-6-2/h13-16,19-22,50H,5-12,17-18,23-43H2,1-4H3,(H,48,51)/b15-13-,16-14-,21-19-,22-20-. The number of rotatable bonds is 40. The van der Waals surface area contributed by atoms with Crippen LogP contribution >= 0.6 is 11.8 Å². The summed E-state index contributed by atoms with van der Waals surface area (Å²) in [6.45, 7) is 7.56. The zero-order valence-electron chi connectivity index (χ0n) is 36.4. The van der Waals surface area contributed by atoms with Crippen molar-refractivity contribution in [2.75, 3.05) is 51.5 Å². The normalized spacial score (nSPS) is 12.2. The summed E-state index contributed by atoms with van der Waals surface area (Å²) >= 11 is 1.50. The van der Waals surface area contributed by atoms with Crippen LogP contribution in [0.5, 0.6) is 0 Å². The van der Waals surface area contributed by atoms with Crippen LogP contribution < -0.4 is 5.32 Å². The number of likely N-dealkylation sites (N-methyl/N-ethyl adjacent to an activating group) is 1. The topological polar surface area (TPSA) is 105 Å². The molecule has 0 rings (SSSR count). The highest BCUT2D eigenvalue weighted by molar-refractivity contribution is 7.99. The van der Waals surface area contributed by atoms with E-state index < -0.39 is 5.54 Å². The van der Waals surface area contributed by atoms with Gasteiger partial charge in [0.1, 0.15) is 18.8 Å². The molecule has 9 heteroatoms. The van der Waals surface area contributed by atoms with Crippen LogP contribution in [-0.4, -0.2) is 84.9 Å². The van der Waals surface area contributed by atoms with E-state index in [0.29, 0.717) is 19.4 Å². The summed E-state index contributed by atoms with van der Waals surface area (Å²) in [6, 6.07) is 0. The quantitative estimate of drug-likeness (QED) is 0.0358. The van der Waals surface area contributed by atoms with Crippen molar-refractivity contribution in [1.29, 1.82) is 0 Å².